The molecule has 1 unspecified atom stereocenters. The summed E-state index contributed by atoms with van der Waals surface area (Å²) in [5, 5.41) is 0.0799. The Balaban J connectivity index is 1.84. The molecule has 280 valence electrons. The molecule has 2 heterocycles. The van der Waals surface area contributed by atoms with Crippen molar-refractivity contribution >= 4 is 45.0 Å². The van der Waals surface area contributed by atoms with Gasteiger partial charge in [-0.3, -0.25) is 19.3 Å². The lowest BCUT2D eigenvalue weighted by atomic mass is 9.80. The molecule has 3 aromatic rings. The fraction of sp³-hybridized carbons (Fsp3) is 0.382. The van der Waals surface area contributed by atoms with Crippen molar-refractivity contribution in [3.8, 4) is 17.2 Å². The number of amides is 3. The largest absolute Gasteiger partial charge is 0.573 e. The summed E-state index contributed by atoms with van der Waals surface area (Å²) in [5.74, 6) is -3.44. The molecule has 0 bridgehead atoms. The third kappa shape index (κ3) is 6.97. The van der Waals surface area contributed by atoms with Gasteiger partial charge >= 0.3 is 6.36 Å². The monoisotopic (exact) mass is 768 g/mol. The third-order valence-corrected chi connectivity index (χ3v) is 10.8. The van der Waals surface area contributed by atoms with Gasteiger partial charge in [-0.15, -0.1) is 13.2 Å². The van der Waals surface area contributed by atoms with E-state index in [1.807, 2.05) is 0 Å². The Hall–Kier alpha value is -4.58. The van der Waals surface area contributed by atoms with Crippen LogP contribution >= 0.6 is 11.6 Å². The summed E-state index contributed by atoms with van der Waals surface area (Å²) in [4.78, 5) is 42.8. The highest BCUT2D eigenvalue weighted by Gasteiger charge is 2.64. The van der Waals surface area contributed by atoms with E-state index in [2.05, 4.69) is 4.74 Å². The Kier molecular flexibility index (Phi) is 10.7. The molecular weight excluding hydrogens is 733 g/mol. The van der Waals surface area contributed by atoms with Crippen LogP contribution in [0, 0.1) is 6.92 Å². The van der Waals surface area contributed by atoms with Crippen molar-refractivity contribution in [2.45, 2.75) is 48.7 Å². The first kappa shape index (κ1) is 38.6. The highest BCUT2D eigenvalue weighted by Crippen LogP contribution is 2.55. The van der Waals surface area contributed by atoms with E-state index >= 15 is 4.79 Å². The van der Waals surface area contributed by atoms with E-state index < -0.39 is 62.4 Å². The number of methoxy groups -OCH3 is 2. The summed E-state index contributed by atoms with van der Waals surface area (Å²) in [7, 11) is 0.264. The second kappa shape index (κ2) is 14.4. The summed E-state index contributed by atoms with van der Waals surface area (Å²) < 4.78 is 91.7. The number of nitrogens with two attached hydrogens (primary N) is 1. The highest BCUT2D eigenvalue weighted by molar-refractivity contribution is 7.93. The molecule has 2 N–H and O–H groups in total. The highest BCUT2D eigenvalue weighted by atomic mass is 35.5. The number of sulfonamides is 1. The fourth-order valence-corrected chi connectivity index (χ4v) is 8.39. The zero-order chi connectivity index (χ0) is 38.3. The standard InChI is InChI=1S/C34H36ClF3N4O9S/c1-19-6-10-27(49-5)24(14-19)33(41-18-22(50-13-12-30(39)43)16-26(41)31(44)40(2)3)23-15-20(35)7-9-25(23)42(32(33)45)52(46,47)29-11-8-21(48-4)17-28(29)51-34(36,37)38/h6-11,14-15,17,22,26H,12-13,16,18H2,1-5H3,(H2,39,43)/t22-,26+,33?/m1/s1. The molecule has 18 heteroatoms. The molecule has 0 spiro atoms. The average molecular weight is 769 g/mol. The molecule has 1 fully saturated rings. The lowest BCUT2D eigenvalue weighted by Crippen LogP contribution is -2.59. The maximum absolute atomic E-state index is 15.5. The first-order chi connectivity index (χ1) is 24.4. The Morgan fingerprint density at radius 1 is 1.02 bits per heavy atom. The number of halogens is 4. The minimum absolute atomic E-state index is 0.00128. The zero-order valence-electron chi connectivity index (χ0n) is 28.7. The average Bonchev–Trinajstić information content (AvgIpc) is 3.59. The number of alkyl halides is 3. The van der Waals surface area contributed by atoms with Crippen molar-refractivity contribution in [2.75, 3.05) is 45.8 Å². The molecule has 0 saturated carbocycles. The van der Waals surface area contributed by atoms with Crippen molar-refractivity contribution in [2.24, 2.45) is 5.73 Å². The second-order valence-corrected chi connectivity index (χ2v) is 14.5. The number of anilines is 1. The number of carbonyl (C=O) groups excluding carboxylic acids is 3. The lowest BCUT2D eigenvalue weighted by molar-refractivity contribution is -0.275. The number of carbonyl (C=O) groups is 3. The molecular formula is C34H36ClF3N4O9S. The van der Waals surface area contributed by atoms with E-state index in [-0.39, 0.29) is 59.3 Å². The Labute approximate surface area is 302 Å². The van der Waals surface area contributed by atoms with Crippen LogP contribution in [0.5, 0.6) is 17.2 Å². The van der Waals surface area contributed by atoms with Crippen molar-refractivity contribution in [3.05, 3.63) is 76.3 Å². The van der Waals surface area contributed by atoms with Gasteiger partial charge in [0.05, 0.1) is 38.7 Å². The zero-order valence-corrected chi connectivity index (χ0v) is 30.3. The number of fused-ring (bicyclic) bond motifs is 1. The van der Waals surface area contributed by atoms with E-state index in [1.54, 1.807) is 25.1 Å². The number of hydrogen-bond acceptors (Lipinski definition) is 10. The molecule has 3 aromatic carbocycles. The number of benzene rings is 3. The summed E-state index contributed by atoms with van der Waals surface area (Å²) in [5.41, 5.74) is 3.59. The molecule has 0 radical (unpaired) electrons. The van der Waals surface area contributed by atoms with Gasteiger partial charge in [0.15, 0.2) is 11.3 Å². The predicted octanol–water partition coefficient (Wildman–Crippen LogP) is 3.97. The van der Waals surface area contributed by atoms with E-state index in [9.17, 15) is 31.2 Å². The summed E-state index contributed by atoms with van der Waals surface area (Å²) >= 11 is 6.55. The maximum atomic E-state index is 15.5. The normalized spacial score (nSPS) is 20.5. The number of primary amides is 1. The van der Waals surface area contributed by atoms with E-state index in [4.69, 9.17) is 31.5 Å². The van der Waals surface area contributed by atoms with Gasteiger partial charge < -0.3 is 29.6 Å². The Morgan fingerprint density at radius 3 is 2.35 bits per heavy atom. The van der Waals surface area contributed by atoms with Gasteiger partial charge in [0.2, 0.25) is 11.8 Å². The molecule has 2 aliphatic heterocycles. The summed E-state index contributed by atoms with van der Waals surface area (Å²) in [6.07, 6.45) is -6.22. The van der Waals surface area contributed by atoms with Gasteiger partial charge in [-0.2, -0.15) is 0 Å². The van der Waals surface area contributed by atoms with Crippen LogP contribution in [0.3, 0.4) is 0 Å². The smallest absolute Gasteiger partial charge is 0.497 e. The van der Waals surface area contributed by atoms with Crippen LogP contribution in [0.1, 0.15) is 29.5 Å². The van der Waals surface area contributed by atoms with E-state index in [0.717, 1.165) is 18.2 Å². The summed E-state index contributed by atoms with van der Waals surface area (Å²) in [6, 6.07) is 10.4. The molecule has 52 heavy (non-hydrogen) atoms. The Bertz CT molecular complexity index is 2010. The number of aryl methyl sites for hydroxylation is 1. The number of likely N-dealkylation sites (tertiary alicyclic amines) is 1. The number of nitrogens with zero attached hydrogens (tertiary/aromatic N) is 3. The van der Waals surface area contributed by atoms with Crippen molar-refractivity contribution in [1.82, 2.24) is 9.80 Å². The first-order valence-corrected chi connectivity index (χ1v) is 17.5. The van der Waals surface area contributed by atoms with Crippen LogP contribution < -0.4 is 24.2 Å². The topological polar surface area (TPSA) is 158 Å². The number of likely N-dealkylation sites (N-methyl/N-ethyl adjacent to an activating group) is 1. The van der Waals surface area contributed by atoms with E-state index in [0.29, 0.717) is 9.87 Å². The van der Waals surface area contributed by atoms with Gasteiger partial charge in [-0.05, 0) is 55.8 Å². The summed E-state index contributed by atoms with van der Waals surface area (Å²) in [6.45, 7) is 1.47. The second-order valence-electron chi connectivity index (χ2n) is 12.4. The number of ether oxygens (including phenoxy) is 4. The maximum Gasteiger partial charge on any atom is 0.573 e. The molecule has 5 rings (SSSR count). The van der Waals surface area contributed by atoms with Crippen LogP contribution in [0.4, 0.5) is 18.9 Å². The van der Waals surface area contributed by atoms with Gasteiger partial charge in [0.25, 0.3) is 15.9 Å². The van der Waals surface area contributed by atoms with Crippen LogP contribution in [-0.4, -0.2) is 95.9 Å². The molecule has 2 aliphatic rings. The predicted molar refractivity (Wildman–Crippen MR) is 182 cm³/mol. The minimum Gasteiger partial charge on any atom is -0.497 e. The minimum atomic E-state index is -5.32. The van der Waals surface area contributed by atoms with E-state index in [1.165, 1.54) is 56.3 Å². The van der Waals surface area contributed by atoms with Crippen LogP contribution in [0.15, 0.2) is 59.5 Å². The molecule has 13 nitrogen and oxygen atoms in total. The quantitative estimate of drug-likeness (QED) is 0.286. The molecule has 3 amide bonds. The van der Waals surface area contributed by atoms with Gasteiger partial charge in [-0.1, -0.05) is 23.2 Å². The van der Waals surface area contributed by atoms with Crippen LogP contribution in [-0.2, 0) is 34.7 Å². The number of hydrogen-bond donors (Lipinski definition) is 1. The lowest BCUT2D eigenvalue weighted by Gasteiger charge is -2.42. The van der Waals surface area contributed by atoms with Crippen LogP contribution in [0.25, 0.3) is 0 Å². The van der Waals surface area contributed by atoms with Gasteiger partial charge in [0.1, 0.15) is 16.4 Å². The fourth-order valence-electron chi connectivity index (χ4n) is 6.66. The van der Waals surface area contributed by atoms with Gasteiger partial charge in [-0.25, -0.2) is 12.7 Å². The molecule has 3 atom stereocenters. The molecule has 0 aliphatic carbocycles. The molecule has 0 aromatic heterocycles. The molecule has 1 saturated heterocycles. The Morgan fingerprint density at radius 2 is 1.73 bits per heavy atom. The van der Waals surface area contributed by atoms with Crippen molar-refractivity contribution in [1.29, 1.82) is 0 Å². The SMILES string of the molecule is COc1ccc(S(=O)(=O)N2C(=O)C(c3cc(C)ccc3OC)(N3C[C@H](OCCC(N)=O)C[C@H]3C(=O)N(C)C)c3cc(Cl)ccc32)c(OC(F)(F)F)c1. The third-order valence-electron chi connectivity index (χ3n) is 8.82. The first-order valence-electron chi connectivity index (χ1n) is 15.7. The van der Waals surface area contributed by atoms with Crippen molar-refractivity contribution in [3.63, 3.8) is 0 Å². The van der Waals surface area contributed by atoms with Gasteiger partial charge in [0, 0.05) is 49.3 Å². The van der Waals surface area contributed by atoms with Crippen molar-refractivity contribution < 1.29 is 54.9 Å². The van der Waals surface area contributed by atoms with Crippen LogP contribution in [0.2, 0.25) is 5.02 Å². The number of rotatable bonds is 12.